The molecule has 1 unspecified atom stereocenters. The highest BCUT2D eigenvalue weighted by Crippen LogP contribution is 2.54. The van der Waals surface area contributed by atoms with Crippen molar-refractivity contribution < 1.29 is 9.90 Å². The summed E-state index contributed by atoms with van der Waals surface area (Å²) in [5, 5.41) is 16.2. The smallest absolute Gasteiger partial charge is 0.358 e. The second kappa shape index (κ2) is 2.56. The van der Waals surface area contributed by atoms with Crippen LogP contribution in [0.3, 0.4) is 0 Å². The number of nitrogens with zero attached hydrogens (tertiary/aromatic N) is 3. The Kier molecular flexibility index (Phi) is 1.45. The lowest BCUT2D eigenvalue weighted by Crippen LogP contribution is -2.17. The molecule has 3 fully saturated rings. The predicted octanol–water partition coefficient (Wildman–Crippen LogP) is 0.947. The van der Waals surface area contributed by atoms with E-state index in [1.807, 2.05) is 0 Å². The molecule has 1 N–H and O–H groups in total. The van der Waals surface area contributed by atoms with Gasteiger partial charge in [0.05, 0.1) is 12.2 Å². The van der Waals surface area contributed by atoms with Gasteiger partial charge in [-0.15, -0.1) is 5.10 Å². The van der Waals surface area contributed by atoms with Gasteiger partial charge in [0.25, 0.3) is 0 Å². The first-order valence-electron chi connectivity index (χ1n) is 4.89. The van der Waals surface area contributed by atoms with Gasteiger partial charge in [-0.1, -0.05) is 5.21 Å². The Balaban J connectivity index is 1.86. The van der Waals surface area contributed by atoms with Crippen LogP contribution in [0.15, 0.2) is 6.20 Å². The molecule has 3 aliphatic carbocycles. The van der Waals surface area contributed by atoms with Crippen molar-refractivity contribution in [2.24, 2.45) is 11.8 Å². The molecule has 74 valence electrons. The van der Waals surface area contributed by atoms with Crippen molar-refractivity contribution in [3.8, 4) is 0 Å². The molecule has 0 radical (unpaired) electrons. The minimum Gasteiger partial charge on any atom is -0.476 e. The van der Waals surface area contributed by atoms with Gasteiger partial charge in [-0.2, -0.15) is 0 Å². The third-order valence-electron chi connectivity index (χ3n) is 3.46. The third kappa shape index (κ3) is 0.981. The molecule has 2 bridgehead atoms. The average molecular weight is 193 g/mol. The zero-order chi connectivity index (χ0) is 9.71. The molecule has 0 saturated heterocycles. The van der Waals surface area contributed by atoms with E-state index in [1.54, 1.807) is 10.9 Å². The van der Waals surface area contributed by atoms with Crippen LogP contribution in [0.5, 0.6) is 0 Å². The molecule has 4 rings (SSSR count). The Hall–Kier alpha value is -1.39. The van der Waals surface area contributed by atoms with Crippen molar-refractivity contribution in [2.75, 3.05) is 0 Å². The van der Waals surface area contributed by atoms with Crippen LogP contribution in [-0.4, -0.2) is 26.1 Å². The van der Waals surface area contributed by atoms with Gasteiger partial charge in [-0.3, -0.25) is 0 Å². The Morgan fingerprint density at radius 2 is 2.29 bits per heavy atom. The number of rotatable bonds is 2. The Morgan fingerprint density at radius 3 is 2.79 bits per heavy atom. The van der Waals surface area contributed by atoms with Crippen LogP contribution in [-0.2, 0) is 0 Å². The van der Waals surface area contributed by atoms with E-state index >= 15 is 0 Å². The summed E-state index contributed by atoms with van der Waals surface area (Å²) in [6.45, 7) is 0. The monoisotopic (exact) mass is 193 g/mol. The molecular formula is C9H11N3O2. The molecule has 0 aliphatic heterocycles. The predicted molar refractivity (Wildman–Crippen MR) is 46.8 cm³/mol. The quantitative estimate of drug-likeness (QED) is 0.759. The molecule has 3 aliphatic rings. The Labute approximate surface area is 80.7 Å². The van der Waals surface area contributed by atoms with E-state index in [9.17, 15) is 4.79 Å². The Morgan fingerprint density at radius 1 is 1.50 bits per heavy atom. The summed E-state index contributed by atoms with van der Waals surface area (Å²) in [6.07, 6.45) is 5.26. The van der Waals surface area contributed by atoms with E-state index in [-0.39, 0.29) is 5.69 Å². The number of hydrogen-bond acceptors (Lipinski definition) is 3. The average Bonchev–Trinajstić information content (AvgIpc) is 2.75. The summed E-state index contributed by atoms with van der Waals surface area (Å²) < 4.78 is 1.74. The van der Waals surface area contributed by atoms with Crippen molar-refractivity contribution in [3.63, 3.8) is 0 Å². The second-order valence-corrected chi connectivity index (χ2v) is 4.29. The van der Waals surface area contributed by atoms with Crippen molar-refractivity contribution in [3.05, 3.63) is 11.9 Å². The number of carboxylic acid groups (broad SMARTS) is 1. The molecule has 14 heavy (non-hydrogen) atoms. The number of carbonyl (C=O) groups is 1. The molecule has 1 aromatic heterocycles. The standard InChI is InChI=1S/C9H11N3O2/c13-9(14)7-4-12(11-10-7)8-3-5-1-6(8)2-5/h4-6,8H,1-3H2,(H,13,14). The molecule has 5 nitrogen and oxygen atoms in total. The zero-order valence-corrected chi connectivity index (χ0v) is 7.63. The molecule has 0 aromatic carbocycles. The fourth-order valence-corrected chi connectivity index (χ4v) is 2.69. The number of fused-ring (bicyclic) bond motifs is 1. The zero-order valence-electron chi connectivity index (χ0n) is 7.63. The summed E-state index contributed by atoms with van der Waals surface area (Å²) in [5.74, 6) is 0.562. The van der Waals surface area contributed by atoms with E-state index in [1.165, 1.54) is 12.8 Å². The number of aromatic carboxylic acids is 1. The van der Waals surface area contributed by atoms with Crippen molar-refractivity contribution in [1.82, 2.24) is 15.0 Å². The van der Waals surface area contributed by atoms with Crippen LogP contribution in [0.2, 0.25) is 0 Å². The van der Waals surface area contributed by atoms with Crippen LogP contribution in [0.4, 0.5) is 0 Å². The highest BCUT2D eigenvalue weighted by Gasteiger charge is 2.45. The summed E-state index contributed by atoms with van der Waals surface area (Å²) >= 11 is 0. The fourth-order valence-electron chi connectivity index (χ4n) is 2.69. The van der Waals surface area contributed by atoms with Crippen LogP contribution in [0.1, 0.15) is 35.8 Å². The fraction of sp³-hybridized carbons (Fsp3) is 0.667. The topological polar surface area (TPSA) is 68.0 Å². The van der Waals surface area contributed by atoms with Gasteiger partial charge in [0.1, 0.15) is 0 Å². The second-order valence-electron chi connectivity index (χ2n) is 4.29. The SMILES string of the molecule is O=C(O)c1cn(C2CC3CC2C3)nn1. The molecule has 1 atom stereocenters. The maximum absolute atomic E-state index is 10.6. The minimum absolute atomic E-state index is 0.0501. The first kappa shape index (κ1) is 7.96. The number of carboxylic acids is 1. The highest BCUT2D eigenvalue weighted by molar-refractivity contribution is 5.84. The van der Waals surface area contributed by atoms with Crippen LogP contribution in [0, 0.1) is 11.8 Å². The van der Waals surface area contributed by atoms with Gasteiger partial charge < -0.3 is 5.11 Å². The van der Waals surface area contributed by atoms with Crippen molar-refractivity contribution in [1.29, 1.82) is 0 Å². The van der Waals surface area contributed by atoms with E-state index < -0.39 is 5.97 Å². The molecular weight excluding hydrogens is 182 g/mol. The molecule has 5 heteroatoms. The minimum atomic E-state index is -0.999. The molecule has 0 amide bonds. The first-order chi connectivity index (χ1) is 6.74. The molecule has 1 heterocycles. The van der Waals surface area contributed by atoms with Crippen molar-refractivity contribution >= 4 is 5.97 Å². The van der Waals surface area contributed by atoms with Crippen LogP contribution < -0.4 is 0 Å². The normalized spacial score (nSPS) is 34.1. The van der Waals surface area contributed by atoms with Crippen molar-refractivity contribution in [2.45, 2.75) is 25.3 Å². The van der Waals surface area contributed by atoms with E-state index in [0.29, 0.717) is 12.0 Å². The lowest BCUT2D eigenvalue weighted by molar-refractivity contribution is 0.0690. The molecule has 3 saturated carbocycles. The van der Waals surface area contributed by atoms with Crippen LogP contribution >= 0.6 is 0 Å². The maximum atomic E-state index is 10.6. The summed E-state index contributed by atoms with van der Waals surface area (Å²) in [5.41, 5.74) is 0.0501. The summed E-state index contributed by atoms with van der Waals surface area (Å²) in [7, 11) is 0. The molecule has 0 spiro atoms. The lowest BCUT2D eigenvalue weighted by Gasteiger charge is -2.23. The third-order valence-corrected chi connectivity index (χ3v) is 3.46. The van der Waals surface area contributed by atoms with E-state index in [2.05, 4.69) is 10.3 Å². The number of aromatic nitrogens is 3. The van der Waals surface area contributed by atoms with Gasteiger partial charge in [-0.05, 0) is 31.1 Å². The van der Waals surface area contributed by atoms with Gasteiger partial charge in [0.2, 0.25) is 0 Å². The largest absolute Gasteiger partial charge is 0.476 e. The number of hydrogen-bond donors (Lipinski definition) is 1. The van der Waals surface area contributed by atoms with Gasteiger partial charge in [-0.25, -0.2) is 9.48 Å². The lowest BCUT2D eigenvalue weighted by atomic mass is 9.84. The maximum Gasteiger partial charge on any atom is 0.358 e. The van der Waals surface area contributed by atoms with E-state index in [4.69, 9.17) is 5.11 Å². The van der Waals surface area contributed by atoms with Gasteiger partial charge in [0, 0.05) is 0 Å². The Bertz CT molecular complexity index is 381. The summed E-state index contributed by atoms with van der Waals surface area (Å²) in [4.78, 5) is 10.6. The van der Waals surface area contributed by atoms with Crippen LogP contribution in [0.25, 0.3) is 0 Å². The first-order valence-corrected chi connectivity index (χ1v) is 4.89. The van der Waals surface area contributed by atoms with Gasteiger partial charge in [0.15, 0.2) is 5.69 Å². The summed E-state index contributed by atoms with van der Waals surface area (Å²) in [6, 6.07) is 0.403. The van der Waals surface area contributed by atoms with Gasteiger partial charge >= 0.3 is 5.97 Å². The van der Waals surface area contributed by atoms with E-state index in [0.717, 1.165) is 12.3 Å². The highest BCUT2D eigenvalue weighted by atomic mass is 16.4. The molecule has 1 aromatic rings.